The molecule has 0 spiro atoms. The van der Waals surface area contributed by atoms with E-state index in [0.717, 1.165) is 6.42 Å². The van der Waals surface area contributed by atoms with E-state index < -0.39 is 0 Å². The Hall–Kier alpha value is -1.84. The van der Waals surface area contributed by atoms with Crippen molar-refractivity contribution < 1.29 is 4.74 Å². The highest BCUT2D eigenvalue weighted by Gasteiger charge is 2.28. The molecular formula is C18H22N2O. The first-order valence-corrected chi connectivity index (χ1v) is 7.44. The van der Waals surface area contributed by atoms with Crippen LogP contribution in [0.3, 0.4) is 0 Å². The van der Waals surface area contributed by atoms with Gasteiger partial charge in [0, 0.05) is 18.8 Å². The molecule has 0 bridgehead atoms. The number of rotatable bonds is 4. The molecule has 0 radical (unpaired) electrons. The van der Waals surface area contributed by atoms with Gasteiger partial charge in [-0.2, -0.15) is 0 Å². The van der Waals surface area contributed by atoms with Crippen LogP contribution in [0.5, 0.6) is 0 Å². The second-order valence-corrected chi connectivity index (χ2v) is 5.67. The number of likely N-dealkylation sites (N-methyl/N-ethyl adjacent to an activating group) is 1. The Labute approximate surface area is 126 Å². The van der Waals surface area contributed by atoms with Crippen molar-refractivity contribution in [2.75, 3.05) is 18.6 Å². The zero-order valence-electron chi connectivity index (χ0n) is 12.4. The van der Waals surface area contributed by atoms with Crippen LogP contribution in [0, 0.1) is 0 Å². The first kappa shape index (κ1) is 14.1. The molecule has 0 amide bonds. The average Bonchev–Trinajstić information content (AvgIpc) is 2.53. The molecule has 0 aromatic heterocycles. The van der Waals surface area contributed by atoms with E-state index in [0.29, 0.717) is 19.3 Å². The van der Waals surface area contributed by atoms with Gasteiger partial charge in [-0.1, -0.05) is 48.5 Å². The molecule has 2 aromatic carbocycles. The summed E-state index contributed by atoms with van der Waals surface area (Å²) in [6.45, 7) is 1.36. The fourth-order valence-corrected chi connectivity index (χ4v) is 2.96. The fourth-order valence-electron chi connectivity index (χ4n) is 2.96. The molecule has 0 fully saturated rings. The summed E-state index contributed by atoms with van der Waals surface area (Å²) < 4.78 is 5.90. The van der Waals surface area contributed by atoms with Crippen LogP contribution in [0.1, 0.15) is 23.6 Å². The quantitative estimate of drug-likeness (QED) is 0.936. The first-order chi connectivity index (χ1) is 10.3. The Morgan fingerprint density at radius 2 is 1.81 bits per heavy atom. The maximum atomic E-state index is 6.30. The average molecular weight is 282 g/mol. The zero-order valence-corrected chi connectivity index (χ0v) is 12.4. The van der Waals surface area contributed by atoms with Crippen molar-refractivity contribution in [3.63, 3.8) is 0 Å². The number of nitrogens with two attached hydrogens (primary N) is 1. The molecule has 3 rings (SSSR count). The summed E-state index contributed by atoms with van der Waals surface area (Å²) in [5.41, 5.74) is 9.97. The predicted molar refractivity (Wildman–Crippen MR) is 86.3 cm³/mol. The van der Waals surface area contributed by atoms with Gasteiger partial charge in [0.05, 0.1) is 19.3 Å². The Morgan fingerprint density at radius 1 is 1.10 bits per heavy atom. The van der Waals surface area contributed by atoms with E-state index in [9.17, 15) is 0 Å². The maximum Gasteiger partial charge on any atom is 0.0717 e. The van der Waals surface area contributed by atoms with Crippen LogP contribution in [-0.2, 0) is 11.3 Å². The molecular weight excluding hydrogens is 260 g/mol. The molecule has 1 aliphatic rings. The smallest absolute Gasteiger partial charge is 0.0717 e. The standard InChI is InChI=1S/C18H22N2O/c1-20-15(13-21-12-14-7-3-2-4-8-14)11-17(19)16-9-5-6-10-18(16)20/h2-10,15,17H,11-13,19H2,1H3/t15-,17-/m1/s1. The minimum Gasteiger partial charge on any atom is -0.375 e. The molecule has 1 heterocycles. The van der Waals surface area contributed by atoms with Gasteiger partial charge in [0.15, 0.2) is 0 Å². The molecule has 1 aliphatic heterocycles. The van der Waals surface area contributed by atoms with Crippen LogP contribution >= 0.6 is 0 Å². The van der Waals surface area contributed by atoms with E-state index in [2.05, 4.69) is 48.3 Å². The molecule has 0 aliphatic carbocycles. The molecule has 21 heavy (non-hydrogen) atoms. The van der Waals surface area contributed by atoms with Crippen molar-refractivity contribution in [2.24, 2.45) is 5.73 Å². The van der Waals surface area contributed by atoms with Crippen molar-refractivity contribution in [3.05, 3.63) is 65.7 Å². The third kappa shape index (κ3) is 3.09. The lowest BCUT2D eigenvalue weighted by atomic mass is 9.92. The molecule has 0 saturated carbocycles. The largest absolute Gasteiger partial charge is 0.375 e. The minimum atomic E-state index is 0.0997. The van der Waals surface area contributed by atoms with E-state index >= 15 is 0 Å². The summed E-state index contributed by atoms with van der Waals surface area (Å²) in [5.74, 6) is 0. The lowest BCUT2D eigenvalue weighted by molar-refractivity contribution is 0.101. The van der Waals surface area contributed by atoms with Crippen molar-refractivity contribution >= 4 is 5.69 Å². The van der Waals surface area contributed by atoms with Crippen LogP contribution in [0.15, 0.2) is 54.6 Å². The Balaban J connectivity index is 1.62. The van der Waals surface area contributed by atoms with Crippen LogP contribution in [0.4, 0.5) is 5.69 Å². The van der Waals surface area contributed by atoms with Gasteiger partial charge in [0.1, 0.15) is 0 Å². The van der Waals surface area contributed by atoms with E-state index in [4.69, 9.17) is 10.5 Å². The van der Waals surface area contributed by atoms with Gasteiger partial charge in [0.25, 0.3) is 0 Å². The van der Waals surface area contributed by atoms with Crippen molar-refractivity contribution in [1.82, 2.24) is 0 Å². The van der Waals surface area contributed by atoms with E-state index in [-0.39, 0.29) is 6.04 Å². The van der Waals surface area contributed by atoms with E-state index in [1.807, 2.05) is 18.2 Å². The van der Waals surface area contributed by atoms with E-state index in [1.165, 1.54) is 16.8 Å². The summed E-state index contributed by atoms with van der Waals surface area (Å²) >= 11 is 0. The highest BCUT2D eigenvalue weighted by Crippen LogP contribution is 2.34. The molecule has 3 nitrogen and oxygen atoms in total. The maximum absolute atomic E-state index is 6.30. The monoisotopic (exact) mass is 282 g/mol. The lowest BCUT2D eigenvalue weighted by Crippen LogP contribution is -2.42. The van der Waals surface area contributed by atoms with Crippen LogP contribution in [0.25, 0.3) is 0 Å². The summed E-state index contributed by atoms with van der Waals surface area (Å²) in [6, 6.07) is 19.1. The molecule has 2 aromatic rings. The number of para-hydroxylation sites is 1. The molecule has 110 valence electrons. The molecule has 2 atom stereocenters. The Morgan fingerprint density at radius 3 is 2.62 bits per heavy atom. The number of nitrogens with zero attached hydrogens (tertiary/aromatic N) is 1. The zero-order chi connectivity index (χ0) is 14.7. The molecule has 2 N–H and O–H groups in total. The summed E-state index contributed by atoms with van der Waals surface area (Å²) in [4.78, 5) is 2.30. The van der Waals surface area contributed by atoms with Gasteiger partial charge in [-0.25, -0.2) is 0 Å². The normalized spacial score (nSPS) is 21.1. The highest BCUT2D eigenvalue weighted by molar-refractivity contribution is 5.57. The third-order valence-electron chi connectivity index (χ3n) is 4.21. The van der Waals surface area contributed by atoms with Gasteiger partial charge in [-0.15, -0.1) is 0 Å². The summed E-state index contributed by atoms with van der Waals surface area (Å²) in [5, 5.41) is 0. The van der Waals surface area contributed by atoms with Crippen molar-refractivity contribution in [3.8, 4) is 0 Å². The lowest BCUT2D eigenvalue weighted by Gasteiger charge is -2.38. The van der Waals surface area contributed by atoms with Crippen LogP contribution in [0.2, 0.25) is 0 Å². The van der Waals surface area contributed by atoms with E-state index in [1.54, 1.807) is 0 Å². The minimum absolute atomic E-state index is 0.0997. The molecule has 0 saturated heterocycles. The third-order valence-corrected chi connectivity index (χ3v) is 4.21. The number of fused-ring (bicyclic) bond motifs is 1. The second-order valence-electron chi connectivity index (χ2n) is 5.67. The van der Waals surface area contributed by atoms with Crippen LogP contribution < -0.4 is 10.6 Å². The number of ether oxygens (including phenoxy) is 1. The number of benzene rings is 2. The SMILES string of the molecule is CN1c2ccccc2[C@H](N)C[C@@H]1COCc1ccccc1. The predicted octanol–water partition coefficient (Wildman–Crippen LogP) is 3.11. The summed E-state index contributed by atoms with van der Waals surface area (Å²) in [6.07, 6.45) is 0.933. The van der Waals surface area contributed by atoms with Gasteiger partial charge in [0.2, 0.25) is 0 Å². The number of anilines is 1. The molecule has 3 heteroatoms. The highest BCUT2D eigenvalue weighted by atomic mass is 16.5. The van der Waals surface area contributed by atoms with Crippen molar-refractivity contribution in [1.29, 1.82) is 0 Å². The Kier molecular flexibility index (Phi) is 4.23. The van der Waals surface area contributed by atoms with Gasteiger partial charge in [-0.05, 0) is 23.6 Å². The van der Waals surface area contributed by atoms with Gasteiger partial charge < -0.3 is 15.4 Å². The second kappa shape index (κ2) is 6.29. The van der Waals surface area contributed by atoms with Crippen molar-refractivity contribution in [2.45, 2.75) is 25.1 Å². The number of hydrogen-bond acceptors (Lipinski definition) is 3. The first-order valence-electron chi connectivity index (χ1n) is 7.44. The molecule has 0 unspecified atom stereocenters. The number of hydrogen-bond donors (Lipinski definition) is 1. The fraction of sp³-hybridized carbons (Fsp3) is 0.333. The topological polar surface area (TPSA) is 38.5 Å². The summed E-state index contributed by atoms with van der Waals surface area (Å²) in [7, 11) is 2.13. The van der Waals surface area contributed by atoms with Gasteiger partial charge in [-0.3, -0.25) is 0 Å². The Bertz CT molecular complexity index is 585. The van der Waals surface area contributed by atoms with Crippen LogP contribution in [-0.4, -0.2) is 19.7 Å². The van der Waals surface area contributed by atoms with Gasteiger partial charge >= 0.3 is 0 Å².